The molecule has 2 aromatic rings. The maximum atomic E-state index is 13.4. The highest BCUT2D eigenvalue weighted by molar-refractivity contribution is 6.14. The summed E-state index contributed by atoms with van der Waals surface area (Å²) in [7, 11) is 0. The second-order valence-corrected chi connectivity index (χ2v) is 5.48. The highest BCUT2D eigenvalue weighted by Crippen LogP contribution is 2.37. The van der Waals surface area contributed by atoms with Crippen LogP contribution < -0.4 is 0 Å². The first-order valence-corrected chi connectivity index (χ1v) is 7.15. The molecule has 0 saturated heterocycles. The average Bonchev–Trinajstić information content (AvgIpc) is 2.86. The van der Waals surface area contributed by atoms with Gasteiger partial charge < -0.3 is 0 Å². The van der Waals surface area contributed by atoms with Crippen LogP contribution in [0, 0.1) is 6.92 Å². The smallest absolute Gasteiger partial charge is 0.113 e. The van der Waals surface area contributed by atoms with Gasteiger partial charge in [0.25, 0.3) is 0 Å². The lowest BCUT2D eigenvalue weighted by Crippen LogP contribution is -2.16. The van der Waals surface area contributed by atoms with Gasteiger partial charge in [0.15, 0.2) is 0 Å². The molecule has 0 fully saturated rings. The molecule has 0 N–H and O–H groups in total. The van der Waals surface area contributed by atoms with Crippen LogP contribution in [0.3, 0.4) is 0 Å². The number of aliphatic imine (C=N–C) groups is 1. The van der Waals surface area contributed by atoms with Crippen LogP contribution in [0.4, 0.5) is 4.39 Å². The Kier molecular flexibility index (Phi) is 3.70. The lowest BCUT2D eigenvalue weighted by molar-refractivity contribution is 0.416. The Balaban J connectivity index is 1.98. The normalized spacial score (nSPS) is 21.4. The number of alkyl halides is 1. The van der Waals surface area contributed by atoms with E-state index in [0.717, 1.165) is 22.4 Å². The lowest BCUT2D eigenvalue weighted by Gasteiger charge is -2.17. The number of hydrogen-bond acceptors (Lipinski definition) is 1. The second-order valence-electron chi connectivity index (χ2n) is 5.48. The number of nitrogens with zero attached hydrogens (tertiary/aromatic N) is 1. The second kappa shape index (κ2) is 5.65. The first-order valence-electron chi connectivity index (χ1n) is 7.15. The third-order valence-electron chi connectivity index (χ3n) is 4.00. The molecule has 1 aliphatic rings. The van der Waals surface area contributed by atoms with Crippen LogP contribution in [0.2, 0.25) is 0 Å². The monoisotopic (exact) mass is 279 g/mol. The van der Waals surface area contributed by atoms with Gasteiger partial charge >= 0.3 is 0 Å². The summed E-state index contributed by atoms with van der Waals surface area (Å²) in [5.41, 5.74) is 5.04. The maximum absolute atomic E-state index is 13.4. The van der Waals surface area contributed by atoms with E-state index < -0.39 is 6.67 Å². The van der Waals surface area contributed by atoms with Crippen molar-refractivity contribution >= 4 is 5.71 Å². The number of benzene rings is 2. The Morgan fingerprint density at radius 2 is 1.71 bits per heavy atom. The minimum Gasteiger partial charge on any atom is -0.277 e. The van der Waals surface area contributed by atoms with Gasteiger partial charge in [-0.1, -0.05) is 66.7 Å². The zero-order valence-electron chi connectivity index (χ0n) is 12.1. The van der Waals surface area contributed by atoms with Gasteiger partial charge in [0.1, 0.15) is 6.67 Å². The molecule has 1 nitrogen and oxygen atoms in total. The summed E-state index contributed by atoms with van der Waals surface area (Å²) >= 11 is 0. The Labute approximate surface area is 124 Å². The van der Waals surface area contributed by atoms with E-state index >= 15 is 0 Å². The van der Waals surface area contributed by atoms with Crippen molar-refractivity contribution < 1.29 is 4.39 Å². The summed E-state index contributed by atoms with van der Waals surface area (Å²) in [6, 6.07) is 17.7. The van der Waals surface area contributed by atoms with Crippen LogP contribution in [0.15, 0.2) is 71.7 Å². The molecule has 0 aromatic heterocycles. The Hall–Kier alpha value is -2.22. The van der Waals surface area contributed by atoms with Gasteiger partial charge in [-0.2, -0.15) is 0 Å². The molecule has 2 aromatic carbocycles. The van der Waals surface area contributed by atoms with E-state index in [1.165, 1.54) is 5.56 Å². The SMILES string of the molecule is C=C1C(c2ccccc2)=N[C@H](CF)[C@H]1c1ccc(C)cc1. The van der Waals surface area contributed by atoms with E-state index in [2.05, 4.69) is 35.8 Å². The average molecular weight is 279 g/mol. The molecular formula is C19H18FN. The molecule has 21 heavy (non-hydrogen) atoms. The summed E-state index contributed by atoms with van der Waals surface area (Å²) in [6.07, 6.45) is 0. The van der Waals surface area contributed by atoms with E-state index in [-0.39, 0.29) is 12.0 Å². The molecule has 0 saturated carbocycles. The first kappa shape index (κ1) is 13.7. The molecule has 0 radical (unpaired) electrons. The molecular weight excluding hydrogens is 261 g/mol. The van der Waals surface area contributed by atoms with E-state index in [1.54, 1.807) is 0 Å². The van der Waals surface area contributed by atoms with Crippen LogP contribution in [-0.4, -0.2) is 18.4 Å². The van der Waals surface area contributed by atoms with Crippen molar-refractivity contribution in [3.05, 3.63) is 83.4 Å². The van der Waals surface area contributed by atoms with Gasteiger partial charge in [0.05, 0.1) is 11.8 Å². The molecule has 0 spiro atoms. The molecule has 0 bridgehead atoms. The number of rotatable bonds is 3. The van der Waals surface area contributed by atoms with Crippen molar-refractivity contribution in [3.63, 3.8) is 0 Å². The van der Waals surface area contributed by atoms with Crippen LogP contribution in [0.5, 0.6) is 0 Å². The minimum atomic E-state index is -0.464. The summed E-state index contributed by atoms with van der Waals surface area (Å²) in [4.78, 5) is 4.58. The van der Waals surface area contributed by atoms with Crippen LogP contribution in [0.1, 0.15) is 22.6 Å². The summed E-state index contributed by atoms with van der Waals surface area (Å²) in [5, 5.41) is 0. The van der Waals surface area contributed by atoms with Crippen LogP contribution in [0.25, 0.3) is 0 Å². The summed E-state index contributed by atoms with van der Waals surface area (Å²) < 4.78 is 13.4. The van der Waals surface area contributed by atoms with Crippen molar-refractivity contribution in [2.75, 3.05) is 6.67 Å². The van der Waals surface area contributed by atoms with Gasteiger partial charge in [0, 0.05) is 5.92 Å². The fraction of sp³-hybridized carbons (Fsp3) is 0.211. The van der Waals surface area contributed by atoms with Gasteiger partial charge in [-0.05, 0) is 23.6 Å². The summed E-state index contributed by atoms with van der Waals surface area (Å²) in [5.74, 6) is -0.0641. The predicted molar refractivity (Wildman–Crippen MR) is 85.8 cm³/mol. The van der Waals surface area contributed by atoms with Crippen molar-refractivity contribution in [2.24, 2.45) is 4.99 Å². The zero-order chi connectivity index (χ0) is 14.8. The predicted octanol–water partition coefficient (Wildman–Crippen LogP) is 4.48. The van der Waals surface area contributed by atoms with E-state index in [1.807, 2.05) is 37.3 Å². The van der Waals surface area contributed by atoms with Crippen molar-refractivity contribution in [1.82, 2.24) is 0 Å². The highest BCUT2D eigenvalue weighted by Gasteiger charge is 2.34. The molecule has 1 heterocycles. The largest absolute Gasteiger partial charge is 0.277 e. The van der Waals surface area contributed by atoms with Crippen LogP contribution in [-0.2, 0) is 0 Å². The third-order valence-corrected chi connectivity index (χ3v) is 4.00. The number of aryl methyl sites for hydroxylation is 1. The third kappa shape index (κ3) is 2.54. The molecule has 3 rings (SSSR count). The number of halogens is 1. The summed E-state index contributed by atoms with van der Waals surface area (Å²) in [6.45, 7) is 5.78. The first-order chi connectivity index (χ1) is 10.2. The Bertz CT molecular complexity index is 670. The van der Waals surface area contributed by atoms with Crippen molar-refractivity contribution in [3.8, 4) is 0 Å². The molecule has 0 aliphatic carbocycles. The van der Waals surface area contributed by atoms with Gasteiger partial charge in [0.2, 0.25) is 0 Å². The van der Waals surface area contributed by atoms with Gasteiger partial charge in [-0.3, -0.25) is 4.99 Å². The molecule has 0 amide bonds. The maximum Gasteiger partial charge on any atom is 0.113 e. The molecule has 0 unspecified atom stereocenters. The van der Waals surface area contributed by atoms with E-state index in [0.29, 0.717) is 0 Å². The fourth-order valence-electron chi connectivity index (χ4n) is 2.88. The van der Waals surface area contributed by atoms with E-state index in [4.69, 9.17) is 0 Å². The zero-order valence-corrected chi connectivity index (χ0v) is 12.1. The fourth-order valence-corrected chi connectivity index (χ4v) is 2.88. The van der Waals surface area contributed by atoms with Crippen LogP contribution >= 0.6 is 0 Å². The van der Waals surface area contributed by atoms with E-state index in [9.17, 15) is 4.39 Å². The molecule has 106 valence electrons. The lowest BCUT2D eigenvalue weighted by atomic mass is 9.85. The number of hydrogen-bond donors (Lipinski definition) is 0. The minimum absolute atomic E-state index is 0.0641. The quantitative estimate of drug-likeness (QED) is 0.785. The molecule has 1 aliphatic heterocycles. The standard InChI is InChI=1S/C19H18FN/c1-13-8-10-15(11-9-13)18-14(2)19(21-17(18)12-20)16-6-4-3-5-7-16/h3-11,17-18H,2,12H2,1H3/t17-,18-/m1/s1. The highest BCUT2D eigenvalue weighted by atomic mass is 19.1. The molecule has 2 heteroatoms. The van der Waals surface area contributed by atoms with Crippen molar-refractivity contribution in [1.29, 1.82) is 0 Å². The van der Waals surface area contributed by atoms with Gasteiger partial charge in [-0.15, -0.1) is 0 Å². The topological polar surface area (TPSA) is 12.4 Å². The van der Waals surface area contributed by atoms with Crippen molar-refractivity contribution in [2.45, 2.75) is 18.9 Å². The van der Waals surface area contributed by atoms with Gasteiger partial charge in [-0.25, -0.2) is 4.39 Å². The molecule has 2 atom stereocenters. The Morgan fingerprint density at radius 3 is 2.33 bits per heavy atom. The Morgan fingerprint density at radius 1 is 1.05 bits per heavy atom.